The van der Waals surface area contributed by atoms with Crippen molar-refractivity contribution in [2.24, 2.45) is 0 Å². The number of aromatic nitrogens is 1. The van der Waals surface area contributed by atoms with E-state index in [1.54, 1.807) is 6.92 Å². The second-order valence-corrected chi connectivity index (χ2v) is 6.79. The third-order valence-corrected chi connectivity index (χ3v) is 5.11. The average Bonchev–Trinajstić information content (AvgIpc) is 2.99. The van der Waals surface area contributed by atoms with Crippen molar-refractivity contribution < 1.29 is 4.79 Å². The number of carbonyl (C=O) groups excluding carboxylic acids is 1. The molecule has 0 saturated carbocycles. The molecule has 0 unspecified atom stereocenters. The van der Waals surface area contributed by atoms with E-state index in [4.69, 9.17) is 0 Å². The minimum atomic E-state index is 0. The second kappa shape index (κ2) is 10.9. The number of unbranched alkanes of at least 4 members (excludes halogenated alkanes) is 2. The largest absolute Gasteiger partial charge is 0.314 e. The summed E-state index contributed by atoms with van der Waals surface area (Å²) in [4.78, 5) is 14.7. The van der Waals surface area contributed by atoms with Gasteiger partial charge in [-0.1, -0.05) is 44.4 Å². The second-order valence-electron chi connectivity index (χ2n) is 6.79. The minimum absolute atomic E-state index is 0. The quantitative estimate of drug-likeness (QED) is 0.716. The van der Waals surface area contributed by atoms with Crippen molar-refractivity contribution in [1.82, 2.24) is 14.8 Å². The molecule has 1 N–H and O–H groups in total. The Morgan fingerprint density at radius 2 is 1.85 bits per heavy atom. The number of carbonyl (C=O) groups is 1. The highest BCUT2D eigenvalue weighted by Crippen LogP contribution is 2.34. The third-order valence-electron chi connectivity index (χ3n) is 5.11. The molecule has 3 rings (SSSR count). The van der Waals surface area contributed by atoms with Crippen LogP contribution in [0.1, 0.15) is 55.9 Å². The van der Waals surface area contributed by atoms with E-state index in [-0.39, 0.29) is 30.7 Å². The lowest BCUT2D eigenvalue weighted by Crippen LogP contribution is -2.45. The molecule has 1 fully saturated rings. The molecule has 4 nitrogen and oxygen atoms in total. The summed E-state index contributed by atoms with van der Waals surface area (Å²) in [5.41, 5.74) is 2.36. The maximum absolute atomic E-state index is 12.1. The molecule has 2 aromatic rings. The van der Waals surface area contributed by atoms with E-state index < -0.39 is 0 Å². The summed E-state index contributed by atoms with van der Waals surface area (Å²) in [6.07, 6.45) is 7.01. The molecular formula is C20H31Cl2N3O. The maximum atomic E-state index is 12.1. The molecule has 146 valence electrons. The van der Waals surface area contributed by atoms with Crippen LogP contribution in [0.4, 0.5) is 0 Å². The summed E-state index contributed by atoms with van der Waals surface area (Å²) in [5, 5.41) is 4.68. The van der Waals surface area contributed by atoms with Gasteiger partial charge in [0.2, 0.25) is 5.91 Å². The molecule has 2 heterocycles. The SMILES string of the molecule is CCCCC[C@@H](c1cn(C(C)=O)c2ccccc12)N1CCNCC1.Cl.Cl. The van der Waals surface area contributed by atoms with Gasteiger partial charge >= 0.3 is 0 Å². The molecule has 0 amide bonds. The number of nitrogens with zero attached hydrogens (tertiary/aromatic N) is 2. The van der Waals surface area contributed by atoms with E-state index in [0.29, 0.717) is 6.04 Å². The fourth-order valence-electron chi connectivity index (χ4n) is 3.85. The number of rotatable bonds is 6. The Kier molecular flexibility index (Phi) is 9.66. The van der Waals surface area contributed by atoms with Crippen molar-refractivity contribution in [2.45, 2.75) is 45.6 Å². The number of hydrogen-bond acceptors (Lipinski definition) is 3. The van der Waals surface area contributed by atoms with Crippen molar-refractivity contribution >= 4 is 41.6 Å². The molecule has 1 saturated heterocycles. The predicted octanol–water partition coefficient (Wildman–Crippen LogP) is 4.67. The van der Waals surface area contributed by atoms with Crippen molar-refractivity contribution in [3.8, 4) is 0 Å². The normalized spacial score (nSPS) is 15.9. The van der Waals surface area contributed by atoms with E-state index in [2.05, 4.69) is 41.5 Å². The predicted molar refractivity (Wildman–Crippen MR) is 114 cm³/mol. The van der Waals surface area contributed by atoms with Gasteiger partial charge in [0.25, 0.3) is 0 Å². The first-order valence-corrected chi connectivity index (χ1v) is 9.28. The summed E-state index contributed by atoms with van der Waals surface area (Å²) in [7, 11) is 0. The van der Waals surface area contributed by atoms with Gasteiger partial charge in [-0.3, -0.25) is 14.3 Å². The summed E-state index contributed by atoms with van der Waals surface area (Å²) in [6.45, 7) is 8.16. The number of benzene rings is 1. The number of fused-ring (bicyclic) bond motifs is 1. The zero-order chi connectivity index (χ0) is 16.9. The van der Waals surface area contributed by atoms with E-state index in [9.17, 15) is 4.79 Å². The summed E-state index contributed by atoms with van der Waals surface area (Å²) >= 11 is 0. The molecule has 26 heavy (non-hydrogen) atoms. The molecule has 1 aliphatic heterocycles. The first-order chi connectivity index (χ1) is 11.7. The Morgan fingerprint density at radius 1 is 1.15 bits per heavy atom. The van der Waals surface area contributed by atoms with Gasteiger partial charge in [0, 0.05) is 50.7 Å². The van der Waals surface area contributed by atoms with Gasteiger partial charge in [0.05, 0.1) is 5.52 Å². The monoisotopic (exact) mass is 399 g/mol. The highest BCUT2D eigenvalue weighted by atomic mass is 35.5. The fourth-order valence-corrected chi connectivity index (χ4v) is 3.85. The van der Waals surface area contributed by atoms with Crippen LogP contribution in [0.2, 0.25) is 0 Å². The van der Waals surface area contributed by atoms with Crippen LogP contribution in [0, 0.1) is 0 Å². The number of piperazine rings is 1. The molecule has 1 aliphatic rings. The number of hydrogen-bond donors (Lipinski definition) is 1. The van der Waals surface area contributed by atoms with Gasteiger partial charge in [0.1, 0.15) is 0 Å². The van der Waals surface area contributed by atoms with Crippen molar-refractivity contribution in [1.29, 1.82) is 0 Å². The van der Waals surface area contributed by atoms with Crippen LogP contribution >= 0.6 is 24.8 Å². The molecule has 1 aromatic heterocycles. The lowest BCUT2D eigenvalue weighted by atomic mass is 9.97. The van der Waals surface area contributed by atoms with Crippen LogP contribution < -0.4 is 5.32 Å². The van der Waals surface area contributed by atoms with Gasteiger partial charge in [-0.15, -0.1) is 24.8 Å². The van der Waals surface area contributed by atoms with Crippen molar-refractivity contribution in [2.75, 3.05) is 26.2 Å². The molecule has 0 bridgehead atoms. The Hall–Kier alpha value is -1.07. The Morgan fingerprint density at radius 3 is 2.50 bits per heavy atom. The molecular weight excluding hydrogens is 369 g/mol. The van der Waals surface area contributed by atoms with Crippen LogP contribution in [-0.2, 0) is 0 Å². The molecule has 0 radical (unpaired) electrons. The lowest BCUT2D eigenvalue weighted by Gasteiger charge is -2.35. The number of para-hydroxylation sites is 1. The maximum Gasteiger partial charge on any atom is 0.227 e. The highest BCUT2D eigenvalue weighted by Gasteiger charge is 2.25. The fraction of sp³-hybridized carbons (Fsp3) is 0.550. The lowest BCUT2D eigenvalue weighted by molar-refractivity contribution is 0.0941. The number of nitrogens with one attached hydrogen (secondary N) is 1. The summed E-state index contributed by atoms with van der Waals surface area (Å²) in [6, 6.07) is 8.73. The van der Waals surface area contributed by atoms with Crippen LogP contribution in [0.15, 0.2) is 30.5 Å². The van der Waals surface area contributed by atoms with Gasteiger partial charge in [-0.25, -0.2) is 0 Å². The van der Waals surface area contributed by atoms with Crippen LogP contribution in [0.5, 0.6) is 0 Å². The van der Waals surface area contributed by atoms with Gasteiger partial charge in [-0.2, -0.15) is 0 Å². The van der Waals surface area contributed by atoms with Crippen LogP contribution in [-0.4, -0.2) is 41.6 Å². The van der Waals surface area contributed by atoms with Crippen LogP contribution in [0.3, 0.4) is 0 Å². The van der Waals surface area contributed by atoms with E-state index in [1.807, 2.05) is 10.6 Å². The molecule has 6 heteroatoms. The standard InChI is InChI=1S/C20H29N3O.2ClH/c1-3-4-5-9-19(22-13-11-21-12-14-22)18-15-23(16(2)24)20-10-7-6-8-17(18)20;;/h6-8,10,15,19,21H,3-5,9,11-14H2,1-2H3;2*1H/t19-;;/m0../s1. The molecule has 1 atom stereocenters. The average molecular weight is 400 g/mol. The molecule has 0 aliphatic carbocycles. The van der Waals surface area contributed by atoms with Gasteiger partial charge in [-0.05, 0) is 18.1 Å². The third kappa shape index (κ3) is 5.01. The van der Waals surface area contributed by atoms with E-state index in [1.165, 1.54) is 36.6 Å². The van der Waals surface area contributed by atoms with Gasteiger partial charge in [0.15, 0.2) is 0 Å². The van der Waals surface area contributed by atoms with Gasteiger partial charge < -0.3 is 5.32 Å². The van der Waals surface area contributed by atoms with E-state index in [0.717, 1.165) is 31.7 Å². The molecule has 1 aromatic carbocycles. The number of halogens is 2. The zero-order valence-corrected chi connectivity index (χ0v) is 17.4. The Bertz CT molecular complexity index is 695. The Labute approximate surface area is 169 Å². The topological polar surface area (TPSA) is 37.3 Å². The zero-order valence-electron chi connectivity index (χ0n) is 15.7. The smallest absolute Gasteiger partial charge is 0.227 e. The first kappa shape index (κ1) is 23.0. The molecule has 0 spiro atoms. The van der Waals surface area contributed by atoms with Crippen LogP contribution in [0.25, 0.3) is 10.9 Å². The summed E-state index contributed by atoms with van der Waals surface area (Å²) < 4.78 is 1.82. The Balaban J connectivity index is 0.00000169. The van der Waals surface area contributed by atoms with Crippen molar-refractivity contribution in [3.63, 3.8) is 0 Å². The van der Waals surface area contributed by atoms with Crippen molar-refractivity contribution in [3.05, 3.63) is 36.0 Å². The minimum Gasteiger partial charge on any atom is -0.314 e. The van der Waals surface area contributed by atoms with E-state index >= 15 is 0 Å². The first-order valence-electron chi connectivity index (χ1n) is 9.28. The highest BCUT2D eigenvalue weighted by molar-refractivity contribution is 5.93. The summed E-state index contributed by atoms with van der Waals surface area (Å²) in [5.74, 6) is 0.0880.